The van der Waals surface area contributed by atoms with E-state index in [4.69, 9.17) is 4.74 Å². The number of aliphatic hydroxyl groups excluding tert-OH is 1. The maximum absolute atomic E-state index is 12.9. The Kier molecular flexibility index (Phi) is 5.38. The number of carbonyl (C=O) groups is 1. The van der Waals surface area contributed by atoms with E-state index in [0.717, 1.165) is 25.7 Å². The molecule has 0 aliphatic heterocycles. The topological polar surface area (TPSA) is 58.6 Å². The minimum absolute atomic E-state index is 0.123. The number of thiophene rings is 1. The normalized spacial score (nSPS) is 22.1. The summed E-state index contributed by atoms with van der Waals surface area (Å²) >= 11 is 1.75. The first-order chi connectivity index (χ1) is 13.6. The van der Waals surface area contributed by atoms with Gasteiger partial charge in [0.1, 0.15) is 5.75 Å². The second-order valence-corrected chi connectivity index (χ2v) is 8.45. The van der Waals surface area contributed by atoms with Gasteiger partial charge in [0.2, 0.25) is 0 Å². The summed E-state index contributed by atoms with van der Waals surface area (Å²) in [6.07, 6.45) is 2.99. The van der Waals surface area contributed by atoms with Gasteiger partial charge in [-0.2, -0.15) is 0 Å². The van der Waals surface area contributed by atoms with Gasteiger partial charge in [0.05, 0.1) is 18.8 Å². The smallest absolute Gasteiger partial charge is 0.255 e. The van der Waals surface area contributed by atoms with Crippen LogP contribution in [0.2, 0.25) is 0 Å². The molecule has 28 heavy (non-hydrogen) atoms. The summed E-state index contributed by atoms with van der Waals surface area (Å²) in [7, 11) is 1.58. The van der Waals surface area contributed by atoms with Crippen molar-refractivity contribution in [3.8, 4) is 5.75 Å². The molecule has 1 heterocycles. The van der Waals surface area contributed by atoms with Gasteiger partial charge in [-0.05, 0) is 60.2 Å². The van der Waals surface area contributed by atoms with Crippen LogP contribution < -0.4 is 10.1 Å². The highest BCUT2D eigenvalue weighted by molar-refractivity contribution is 7.17. The zero-order valence-corrected chi connectivity index (χ0v) is 16.8. The summed E-state index contributed by atoms with van der Waals surface area (Å²) < 4.78 is 6.60. The second kappa shape index (κ2) is 7.94. The van der Waals surface area contributed by atoms with E-state index in [1.54, 1.807) is 30.6 Å². The summed E-state index contributed by atoms with van der Waals surface area (Å²) in [4.78, 5) is 12.9. The minimum atomic E-state index is -0.247. The summed E-state index contributed by atoms with van der Waals surface area (Å²) in [5, 5.41) is 16.7. The maximum atomic E-state index is 12.9. The molecule has 1 aliphatic carbocycles. The molecular formula is C23H25NO3S. The third kappa shape index (κ3) is 3.52. The lowest BCUT2D eigenvalue weighted by Crippen LogP contribution is -2.44. The number of methoxy groups -OCH3 is 1. The molecule has 2 N–H and O–H groups in total. The molecule has 0 bridgehead atoms. The highest BCUT2D eigenvalue weighted by atomic mass is 32.1. The molecule has 1 aromatic heterocycles. The Hall–Kier alpha value is -2.37. The number of amides is 1. The van der Waals surface area contributed by atoms with Gasteiger partial charge in [-0.25, -0.2) is 0 Å². The Morgan fingerprint density at radius 1 is 1.18 bits per heavy atom. The van der Waals surface area contributed by atoms with Crippen molar-refractivity contribution in [2.75, 3.05) is 13.7 Å². The third-order valence-electron chi connectivity index (χ3n) is 5.90. The zero-order valence-electron chi connectivity index (χ0n) is 16.0. The van der Waals surface area contributed by atoms with E-state index < -0.39 is 0 Å². The van der Waals surface area contributed by atoms with Crippen LogP contribution >= 0.6 is 11.3 Å². The highest BCUT2D eigenvalue weighted by Gasteiger charge is 2.38. The van der Waals surface area contributed by atoms with E-state index in [-0.39, 0.29) is 17.4 Å². The molecule has 5 heteroatoms. The van der Waals surface area contributed by atoms with E-state index in [2.05, 4.69) is 35.0 Å². The molecule has 146 valence electrons. The SMILES string of the molecule is COc1ccccc1C(=O)NC[C@]1(c2csc3ccccc32)CC[C@H](O)CC1. The first-order valence-corrected chi connectivity index (χ1v) is 10.6. The number of nitrogens with one attached hydrogen (secondary N) is 1. The van der Waals surface area contributed by atoms with Gasteiger partial charge < -0.3 is 15.2 Å². The van der Waals surface area contributed by atoms with Crippen LogP contribution in [0.25, 0.3) is 10.1 Å². The number of benzene rings is 2. The maximum Gasteiger partial charge on any atom is 0.255 e. The standard InChI is InChI=1S/C23H25NO3S/c1-27-20-8-4-2-7-18(20)22(26)24-15-23(12-10-16(25)11-13-23)19-14-28-21-9-5-3-6-17(19)21/h2-9,14,16,25H,10-13,15H2,1H3,(H,24,26)/t16-,23-. The Labute approximate surface area is 169 Å². The Balaban J connectivity index is 1.63. The lowest BCUT2D eigenvalue weighted by molar-refractivity contribution is 0.0853. The molecule has 0 radical (unpaired) electrons. The van der Waals surface area contributed by atoms with Crippen molar-refractivity contribution in [2.45, 2.75) is 37.2 Å². The number of hydrogen-bond acceptors (Lipinski definition) is 4. The quantitative estimate of drug-likeness (QED) is 0.668. The average Bonchev–Trinajstić information content (AvgIpc) is 3.18. The third-order valence-corrected chi connectivity index (χ3v) is 6.87. The van der Waals surface area contributed by atoms with Gasteiger partial charge in [-0.1, -0.05) is 30.3 Å². The van der Waals surface area contributed by atoms with Crippen molar-refractivity contribution in [3.63, 3.8) is 0 Å². The van der Waals surface area contributed by atoms with E-state index in [1.807, 2.05) is 12.1 Å². The fraction of sp³-hybridized carbons (Fsp3) is 0.348. The molecule has 1 amide bonds. The van der Waals surface area contributed by atoms with Gasteiger partial charge in [0, 0.05) is 16.7 Å². The van der Waals surface area contributed by atoms with Crippen molar-refractivity contribution in [3.05, 3.63) is 65.0 Å². The molecule has 2 aromatic carbocycles. The van der Waals surface area contributed by atoms with Crippen molar-refractivity contribution in [1.82, 2.24) is 5.32 Å². The summed E-state index contributed by atoms with van der Waals surface area (Å²) in [6.45, 7) is 0.553. The van der Waals surface area contributed by atoms with Crippen molar-refractivity contribution < 1.29 is 14.6 Å². The summed E-state index contributed by atoms with van der Waals surface area (Å²) in [6, 6.07) is 15.7. The van der Waals surface area contributed by atoms with Crippen LogP contribution in [-0.2, 0) is 5.41 Å². The molecule has 4 nitrogen and oxygen atoms in total. The van der Waals surface area contributed by atoms with Crippen molar-refractivity contribution >= 4 is 27.3 Å². The molecule has 0 saturated heterocycles. The fourth-order valence-corrected chi connectivity index (χ4v) is 5.35. The molecule has 4 rings (SSSR count). The number of rotatable bonds is 5. The van der Waals surface area contributed by atoms with Crippen LogP contribution in [0.3, 0.4) is 0 Å². The van der Waals surface area contributed by atoms with Crippen LogP contribution in [-0.4, -0.2) is 30.8 Å². The predicted molar refractivity (Wildman–Crippen MR) is 113 cm³/mol. The monoisotopic (exact) mass is 395 g/mol. The van der Waals surface area contributed by atoms with Gasteiger partial charge in [-0.3, -0.25) is 4.79 Å². The van der Waals surface area contributed by atoms with Crippen LogP contribution in [0.15, 0.2) is 53.9 Å². The second-order valence-electron chi connectivity index (χ2n) is 7.54. The molecule has 1 fully saturated rings. The predicted octanol–water partition coefficient (Wildman–Crippen LogP) is 4.51. The van der Waals surface area contributed by atoms with Gasteiger partial charge >= 0.3 is 0 Å². The molecule has 1 aliphatic rings. The Morgan fingerprint density at radius 2 is 1.89 bits per heavy atom. The molecule has 0 unspecified atom stereocenters. The number of ether oxygens (including phenoxy) is 1. The van der Waals surface area contributed by atoms with Gasteiger partial charge in [-0.15, -0.1) is 11.3 Å². The van der Waals surface area contributed by atoms with Crippen LogP contribution in [0.5, 0.6) is 5.75 Å². The first-order valence-electron chi connectivity index (χ1n) is 9.69. The van der Waals surface area contributed by atoms with Crippen LogP contribution in [0.4, 0.5) is 0 Å². The molecule has 0 atom stereocenters. The van der Waals surface area contributed by atoms with Crippen molar-refractivity contribution in [2.24, 2.45) is 0 Å². The molecule has 0 spiro atoms. The lowest BCUT2D eigenvalue weighted by atomic mass is 9.68. The number of carbonyl (C=O) groups excluding carboxylic acids is 1. The zero-order chi connectivity index (χ0) is 19.6. The molecule has 3 aromatic rings. The van der Waals surface area contributed by atoms with E-state index in [1.165, 1.54) is 15.6 Å². The first kappa shape index (κ1) is 19.0. The Bertz CT molecular complexity index is 973. The van der Waals surface area contributed by atoms with Crippen molar-refractivity contribution in [1.29, 1.82) is 0 Å². The fourth-order valence-electron chi connectivity index (χ4n) is 4.26. The molecular weight excluding hydrogens is 370 g/mol. The lowest BCUT2D eigenvalue weighted by Gasteiger charge is -2.39. The van der Waals surface area contributed by atoms with Crippen LogP contribution in [0, 0.1) is 0 Å². The van der Waals surface area contributed by atoms with E-state index >= 15 is 0 Å². The van der Waals surface area contributed by atoms with E-state index in [9.17, 15) is 9.90 Å². The van der Waals surface area contributed by atoms with E-state index in [0.29, 0.717) is 17.9 Å². The number of hydrogen-bond donors (Lipinski definition) is 2. The Morgan fingerprint density at radius 3 is 2.68 bits per heavy atom. The summed E-state index contributed by atoms with van der Waals surface area (Å²) in [5.41, 5.74) is 1.68. The number of aliphatic hydroxyl groups is 1. The largest absolute Gasteiger partial charge is 0.496 e. The highest BCUT2D eigenvalue weighted by Crippen LogP contribution is 2.44. The molecule has 1 saturated carbocycles. The number of fused-ring (bicyclic) bond motifs is 1. The average molecular weight is 396 g/mol. The number of para-hydroxylation sites is 1. The van der Waals surface area contributed by atoms with Gasteiger partial charge in [0.25, 0.3) is 5.91 Å². The minimum Gasteiger partial charge on any atom is -0.496 e. The van der Waals surface area contributed by atoms with Gasteiger partial charge in [0.15, 0.2) is 0 Å². The summed E-state index contributed by atoms with van der Waals surface area (Å²) in [5.74, 6) is 0.455. The van der Waals surface area contributed by atoms with Crippen LogP contribution in [0.1, 0.15) is 41.6 Å².